The Kier molecular flexibility index (Phi) is 2.86. The highest BCUT2D eigenvalue weighted by atomic mass is 16.3. The molecule has 0 aromatic carbocycles. The van der Waals surface area contributed by atoms with Crippen molar-refractivity contribution in [3.63, 3.8) is 0 Å². The van der Waals surface area contributed by atoms with Crippen molar-refractivity contribution in [3.05, 3.63) is 0 Å². The number of aliphatic hydroxyl groups excluding tert-OH is 1. The Bertz CT molecular complexity index is 8.00. The molecule has 24 valence electrons. The summed E-state index contributed by atoms with van der Waals surface area (Å²) in [5.41, 5.74) is 6.20. The highest BCUT2D eigenvalue weighted by molar-refractivity contribution is 4.03. The van der Waals surface area contributed by atoms with E-state index >= 15 is 0 Å². The van der Waals surface area contributed by atoms with E-state index in [9.17, 15) is 0 Å². The van der Waals surface area contributed by atoms with E-state index in [1.807, 2.05) is 0 Å². The highest BCUT2D eigenvalue weighted by Crippen LogP contribution is 1.28. The van der Waals surface area contributed by atoms with E-state index in [2.05, 4.69) is 0 Å². The van der Waals surface area contributed by atoms with Crippen LogP contribution < -0.4 is 5.73 Å². The molecule has 0 fully saturated rings. The minimum Gasteiger partial charge on any atom is -0.390 e. The number of rotatable bonds is 1. The van der Waals surface area contributed by atoms with Gasteiger partial charge < -0.3 is 5.11 Å². The molecule has 2 radical (unpaired) electrons. The quantitative estimate of drug-likeness (QED) is 0.366. The van der Waals surface area contributed by atoms with Crippen LogP contribution in [0.1, 0.15) is 0 Å². The fourth-order valence-electron chi connectivity index (χ4n) is 0. The van der Waals surface area contributed by atoms with E-state index in [4.69, 9.17) is 10.8 Å². The van der Waals surface area contributed by atoms with Gasteiger partial charge in [0.15, 0.2) is 0 Å². The minimum absolute atomic E-state index is 0.0139. The zero-order chi connectivity index (χ0) is 3.41. The predicted octanol–water partition coefficient (Wildman–Crippen LogP) is -2.21. The van der Waals surface area contributed by atoms with Gasteiger partial charge in [-0.25, -0.2) is 0 Å². The van der Waals surface area contributed by atoms with Crippen molar-refractivity contribution in [1.82, 2.24) is 0 Å². The van der Waals surface area contributed by atoms with E-state index in [0.29, 0.717) is 0 Å². The molecule has 2 heteroatoms. The van der Waals surface area contributed by atoms with Gasteiger partial charge >= 0.3 is 0 Å². The molecule has 0 aromatic heterocycles. The molecule has 0 saturated carbocycles. The molecule has 0 aromatic rings. The average Bonchev–Trinajstić information content (AvgIpc) is 1.37. The minimum atomic E-state index is -0.0139. The Hall–Kier alpha value is -0.0800. The van der Waals surface area contributed by atoms with E-state index < -0.39 is 0 Å². The van der Waals surface area contributed by atoms with Gasteiger partial charge in [-0.3, -0.25) is 0 Å². The smallest absolute Gasteiger partial charge is 0.203 e. The molecule has 0 aliphatic carbocycles. The van der Waals surface area contributed by atoms with Crippen LogP contribution >= 0.6 is 0 Å². The van der Waals surface area contributed by atoms with E-state index in [0.717, 1.165) is 0 Å². The van der Waals surface area contributed by atoms with Crippen LogP contribution in [0.25, 0.3) is 0 Å². The molecule has 2 nitrogen and oxygen atoms in total. The molecular formula is C2H6NO+. The number of nitrogens with one attached hydrogen (secondary N) is 1. The van der Waals surface area contributed by atoms with E-state index in [1.165, 1.54) is 0 Å². The summed E-state index contributed by atoms with van der Waals surface area (Å²) in [5, 5.41) is 7.69. The fraction of sp³-hybridized carbons (Fsp3) is 1.00. The normalized spacial score (nSPS) is 7.50. The maximum atomic E-state index is 7.69. The molecular weight excluding hydrogens is 54.0 g/mol. The highest BCUT2D eigenvalue weighted by Gasteiger charge is 1.70. The van der Waals surface area contributed by atoms with Gasteiger partial charge in [0.2, 0.25) is 6.54 Å². The van der Waals surface area contributed by atoms with Crippen LogP contribution in [-0.2, 0) is 0 Å². The number of aliphatic hydroxyl groups is 1. The van der Waals surface area contributed by atoms with Crippen LogP contribution in [0.15, 0.2) is 0 Å². The van der Waals surface area contributed by atoms with Crippen LogP contribution in [0.2, 0.25) is 0 Å². The molecule has 0 rings (SSSR count). The molecule has 2 N–H and O–H groups in total. The van der Waals surface area contributed by atoms with Crippen LogP contribution in [0.4, 0.5) is 0 Å². The van der Waals surface area contributed by atoms with Gasteiger partial charge in [0.25, 0.3) is 0 Å². The zero-order valence-electron chi connectivity index (χ0n) is 2.36. The predicted molar refractivity (Wildman–Crippen MR) is 12.9 cm³/mol. The van der Waals surface area contributed by atoms with E-state index in [1.54, 1.807) is 0 Å². The monoisotopic (exact) mass is 60.0 g/mol. The van der Waals surface area contributed by atoms with Gasteiger partial charge in [0.05, 0.1) is 0 Å². The second-order valence-electron chi connectivity index (χ2n) is 0.474. The van der Waals surface area contributed by atoms with Gasteiger partial charge in [0, 0.05) is 5.73 Å². The summed E-state index contributed by atoms with van der Waals surface area (Å²) in [7, 11) is 0. The second kappa shape index (κ2) is 2.92. The van der Waals surface area contributed by atoms with Crippen molar-refractivity contribution in [2.75, 3.05) is 13.2 Å². The Morgan fingerprint density at radius 3 is 2.00 bits per heavy atom. The number of hydrogen-bond donors (Lipinski definition) is 1. The summed E-state index contributed by atoms with van der Waals surface area (Å²) in [6, 6.07) is 0. The molecule has 0 unspecified atom stereocenters. The van der Waals surface area contributed by atoms with Crippen molar-refractivity contribution in [1.29, 1.82) is 0 Å². The van der Waals surface area contributed by atoms with Crippen molar-refractivity contribution in [2.24, 2.45) is 0 Å². The van der Waals surface area contributed by atoms with Gasteiger partial charge in [-0.2, -0.15) is 0 Å². The van der Waals surface area contributed by atoms with Crippen LogP contribution in [0.3, 0.4) is 0 Å². The maximum absolute atomic E-state index is 7.69. The second-order valence-corrected chi connectivity index (χ2v) is 0.474. The Labute approximate surface area is 25.2 Å². The molecule has 0 atom stereocenters. The first-order chi connectivity index (χ1) is 1.91. The molecule has 0 aliphatic rings. The fourth-order valence-corrected chi connectivity index (χ4v) is 0. The van der Waals surface area contributed by atoms with Gasteiger partial charge in [-0.15, -0.1) is 0 Å². The molecule has 0 aliphatic heterocycles. The van der Waals surface area contributed by atoms with Gasteiger partial charge in [0.1, 0.15) is 6.61 Å². The zero-order valence-corrected chi connectivity index (χ0v) is 2.36. The largest absolute Gasteiger partial charge is 0.390 e. The maximum Gasteiger partial charge on any atom is 0.203 e. The molecule has 0 bridgehead atoms. The lowest BCUT2D eigenvalue weighted by molar-refractivity contribution is -0.372. The average molecular weight is 60.1 g/mol. The lowest BCUT2D eigenvalue weighted by Gasteiger charge is -1.58. The van der Waals surface area contributed by atoms with E-state index in [-0.39, 0.29) is 13.2 Å². The Morgan fingerprint density at radius 1 is 1.75 bits per heavy atom. The standard InChI is InChI=1S/C2H6NO/c3-1-2-4/h3-4H,1-2H2/q+1. The summed E-state index contributed by atoms with van der Waals surface area (Å²) in [5.74, 6) is 0. The van der Waals surface area contributed by atoms with Gasteiger partial charge in [-0.05, 0) is 0 Å². The first-order valence-corrected chi connectivity index (χ1v) is 1.17. The lowest BCUT2D eigenvalue weighted by atomic mass is 10.8. The number of hydrogen-bond acceptors (Lipinski definition) is 1. The molecule has 0 saturated heterocycles. The van der Waals surface area contributed by atoms with Crippen molar-refractivity contribution >= 4 is 0 Å². The third-order valence-electron chi connectivity index (χ3n) is 0.112. The molecule has 0 amide bonds. The molecule has 4 heavy (non-hydrogen) atoms. The summed E-state index contributed by atoms with van der Waals surface area (Å²) < 4.78 is 0. The third-order valence-corrected chi connectivity index (χ3v) is 0.112. The lowest BCUT2D eigenvalue weighted by Crippen LogP contribution is -2.51. The van der Waals surface area contributed by atoms with Crippen molar-refractivity contribution < 1.29 is 10.8 Å². The van der Waals surface area contributed by atoms with Crippen LogP contribution in [0.5, 0.6) is 0 Å². The first kappa shape index (κ1) is 3.92. The molecule has 0 spiro atoms. The van der Waals surface area contributed by atoms with Crippen LogP contribution in [0, 0.1) is 0 Å². The SMILES string of the molecule is [NH+]CCO. The summed E-state index contributed by atoms with van der Waals surface area (Å²) in [6.45, 7) is 0.111. The Morgan fingerprint density at radius 2 is 2.00 bits per heavy atom. The van der Waals surface area contributed by atoms with Gasteiger partial charge in [-0.1, -0.05) is 0 Å². The molecule has 0 heterocycles. The summed E-state index contributed by atoms with van der Waals surface area (Å²) >= 11 is 0. The summed E-state index contributed by atoms with van der Waals surface area (Å²) in [6.07, 6.45) is 0. The first-order valence-electron chi connectivity index (χ1n) is 1.17. The topological polar surface area (TPSA) is 44.0 Å². The van der Waals surface area contributed by atoms with Crippen LogP contribution in [-0.4, -0.2) is 18.3 Å². The Balaban J connectivity index is 1.97. The van der Waals surface area contributed by atoms with Crippen molar-refractivity contribution in [3.8, 4) is 0 Å². The third kappa shape index (κ3) is 1.92. The van der Waals surface area contributed by atoms with Crippen molar-refractivity contribution in [2.45, 2.75) is 0 Å². The summed E-state index contributed by atoms with van der Waals surface area (Å²) in [4.78, 5) is 0.